The van der Waals surface area contributed by atoms with Gasteiger partial charge in [0.25, 0.3) is 5.91 Å². The van der Waals surface area contributed by atoms with Gasteiger partial charge in [0.05, 0.1) is 0 Å². The molecular weight excluding hydrogens is 315 g/mol. The lowest BCUT2D eigenvalue weighted by Gasteiger charge is -2.33. The van der Waals surface area contributed by atoms with Crippen LogP contribution in [0.25, 0.3) is 0 Å². The molecule has 1 atom stereocenters. The molecule has 2 amide bonds. The van der Waals surface area contributed by atoms with Crippen LogP contribution in [0.4, 0.5) is 0 Å². The third-order valence-corrected chi connectivity index (χ3v) is 3.79. The third-order valence-electron chi connectivity index (χ3n) is 3.35. The Morgan fingerprint density at radius 3 is 2.52 bits per heavy atom. The maximum absolute atomic E-state index is 12.2. The van der Waals surface area contributed by atoms with E-state index in [9.17, 15) is 9.59 Å². The number of carbonyl (C=O) groups is 2. The second-order valence-corrected chi connectivity index (χ2v) is 5.77. The summed E-state index contributed by atoms with van der Waals surface area (Å²) in [4.78, 5) is 25.1. The average molecular weight is 331 g/mol. The first-order valence-electron chi connectivity index (χ1n) is 6.65. The fraction of sp³-hybridized carbons (Fsp3) is 0.429. The second kappa shape index (κ2) is 7.00. The van der Waals surface area contributed by atoms with Gasteiger partial charge < -0.3 is 15.4 Å². The van der Waals surface area contributed by atoms with Crippen molar-refractivity contribution in [3.05, 3.63) is 28.2 Å². The molecule has 7 heteroatoms. The van der Waals surface area contributed by atoms with Crippen molar-refractivity contribution < 1.29 is 14.3 Å². The number of carbonyl (C=O) groups excluding carboxylic acids is 2. The Labute approximate surface area is 132 Å². The van der Waals surface area contributed by atoms with Crippen LogP contribution in [-0.2, 0) is 9.59 Å². The molecule has 1 aromatic carbocycles. The summed E-state index contributed by atoms with van der Waals surface area (Å²) in [6.45, 7) is 0.340. The molecule has 1 aromatic rings. The van der Waals surface area contributed by atoms with Crippen LogP contribution < -0.4 is 10.5 Å². The largest absolute Gasteiger partial charge is 0.484 e. The zero-order valence-corrected chi connectivity index (χ0v) is 12.9. The molecule has 2 N–H and O–H groups in total. The minimum atomic E-state index is -0.544. The smallest absolute Gasteiger partial charge is 0.261 e. The Hall–Kier alpha value is -1.46. The van der Waals surface area contributed by atoms with E-state index in [1.54, 1.807) is 18.2 Å². The summed E-state index contributed by atoms with van der Waals surface area (Å²) in [6, 6.07) is 4.18. The Balaban J connectivity index is 1.98. The average Bonchev–Trinajstić information content (AvgIpc) is 2.43. The van der Waals surface area contributed by atoms with Gasteiger partial charge in [-0.15, -0.1) is 0 Å². The van der Waals surface area contributed by atoms with Gasteiger partial charge in [-0.3, -0.25) is 9.59 Å². The van der Waals surface area contributed by atoms with Gasteiger partial charge >= 0.3 is 0 Å². The van der Waals surface area contributed by atoms with Crippen molar-refractivity contribution >= 4 is 35.0 Å². The second-order valence-electron chi connectivity index (χ2n) is 4.89. The molecule has 1 fully saturated rings. The lowest BCUT2D eigenvalue weighted by Crippen LogP contribution is -2.51. The molecule has 0 saturated carbocycles. The van der Waals surface area contributed by atoms with Gasteiger partial charge in [-0.2, -0.15) is 0 Å². The van der Waals surface area contributed by atoms with Gasteiger partial charge in [0.15, 0.2) is 6.61 Å². The summed E-state index contributed by atoms with van der Waals surface area (Å²) >= 11 is 11.7. The predicted octanol–water partition coefficient (Wildman–Crippen LogP) is 2.24. The number of halogens is 2. The number of hydrogen-bond acceptors (Lipinski definition) is 3. The van der Waals surface area contributed by atoms with Crippen LogP contribution in [0.2, 0.25) is 10.0 Å². The number of piperidine rings is 1. The number of ether oxygens (including phenoxy) is 1. The van der Waals surface area contributed by atoms with Crippen LogP contribution in [0.1, 0.15) is 19.3 Å². The summed E-state index contributed by atoms with van der Waals surface area (Å²) < 4.78 is 5.40. The van der Waals surface area contributed by atoms with Crippen LogP contribution in [0.5, 0.6) is 5.75 Å². The Bertz CT molecular complexity index is 531. The number of nitrogens with zero attached hydrogens (tertiary/aromatic N) is 1. The highest BCUT2D eigenvalue weighted by atomic mass is 35.5. The molecule has 5 nitrogen and oxygen atoms in total. The number of nitrogens with two attached hydrogens (primary N) is 1. The van der Waals surface area contributed by atoms with E-state index in [1.807, 2.05) is 0 Å². The monoisotopic (exact) mass is 330 g/mol. The Morgan fingerprint density at radius 2 is 1.90 bits per heavy atom. The van der Waals surface area contributed by atoms with Gasteiger partial charge in [-0.25, -0.2) is 0 Å². The van der Waals surface area contributed by atoms with Crippen molar-refractivity contribution in [2.24, 2.45) is 5.73 Å². The Morgan fingerprint density at radius 1 is 1.24 bits per heavy atom. The van der Waals surface area contributed by atoms with E-state index in [2.05, 4.69) is 0 Å². The van der Waals surface area contributed by atoms with Gasteiger partial charge in [-0.05, 0) is 37.5 Å². The highest BCUT2D eigenvalue weighted by molar-refractivity contribution is 6.34. The molecular formula is C14H16Cl2N2O3. The summed E-state index contributed by atoms with van der Waals surface area (Å²) in [5.74, 6) is -0.336. The first-order valence-corrected chi connectivity index (χ1v) is 7.40. The molecule has 0 spiro atoms. The third kappa shape index (κ3) is 4.25. The first kappa shape index (κ1) is 15.9. The van der Waals surface area contributed by atoms with Crippen LogP contribution in [0.15, 0.2) is 18.2 Å². The maximum Gasteiger partial charge on any atom is 0.261 e. The van der Waals surface area contributed by atoms with E-state index in [1.165, 1.54) is 4.90 Å². The molecule has 21 heavy (non-hydrogen) atoms. The van der Waals surface area contributed by atoms with Crippen molar-refractivity contribution in [1.29, 1.82) is 0 Å². The number of benzene rings is 1. The standard InChI is InChI=1S/C14H16Cl2N2O3/c15-9-5-10(16)7-11(6-9)21-8-13(19)18-4-2-1-3-12(18)14(17)20/h5-7,12H,1-4,8H2,(H2,17,20). The molecule has 2 rings (SSSR count). The Kier molecular flexibility index (Phi) is 5.31. The molecule has 0 radical (unpaired) electrons. The van der Waals surface area contributed by atoms with Crippen molar-refractivity contribution in [2.45, 2.75) is 25.3 Å². The van der Waals surface area contributed by atoms with Crippen molar-refractivity contribution in [3.8, 4) is 5.75 Å². The minimum Gasteiger partial charge on any atom is -0.484 e. The lowest BCUT2D eigenvalue weighted by molar-refractivity contribution is -0.142. The number of primary amides is 1. The summed E-state index contributed by atoms with van der Waals surface area (Å²) in [5, 5.41) is 0.857. The maximum atomic E-state index is 12.2. The van der Waals surface area contributed by atoms with Crippen LogP contribution in [-0.4, -0.2) is 35.9 Å². The van der Waals surface area contributed by atoms with E-state index >= 15 is 0 Å². The zero-order valence-electron chi connectivity index (χ0n) is 11.4. The van der Waals surface area contributed by atoms with E-state index in [0.717, 1.165) is 12.8 Å². The first-order chi connectivity index (χ1) is 9.97. The number of amides is 2. The minimum absolute atomic E-state index is 0.180. The quantitative estimate of drug-likeness (QED) is 0.920. The lowest BCUT2D eigenvalue weighted by atomic mass is 10.0. The summed E-state index contributed by atoms with van der Waals surface area (Å²) in [6.07, 6.45) is 2.35. The topological polar surface area (TPSA) is 72.6 Å². The van der Waals surface area contributed by atoms with E-state index < -0.39 is 11.9 Å². The molecule has 1 saturated heterocycles. The van der Waals surface area contributed by atoms with E-state index in [-0.39, 0.29) is 12.5 Å². The molecule has 0 aliphatic carbocycles. The van der Waals surface area contributed by atoms with Crippen LogP contribution >= 0.6 is 23.2 Å². The summed E-state index contributed by atoms with van der Waals surface area (Å²) in [5.41, 5.74) is 5.33. The molecule has 1 heterocycles. The van der Waals surface area contributed by atoms with Crippen LogP contribution in [0.3, 0.4) is 0 Å². The van der Waals surface area contributed by atoms with E-state index in [0.29, 0.717) is 28.8 Å². The zero-order chi connectivity index (χ0) is 15.4. The van der Waals surface area contributed by atoms with Crippen molar-refractivity contribution in [1.82, 2.24) is 4.90 Å². The number of likely N-dealkylation sites (tertiary alicyclic amines) is 1. The van der Waals surface area contributed by atoms with Crippen molar-refractivity contribution in [3.63, 3.8) is 0 Å². The normalized spacial score (nSPS) is 18.4. The van der Waals surface area contributed by atoms with Gasteiger partial charge in [0.2, 0.25) is 5.91 Å². The molecule has 1 unspecified atom stereocenters. The molecule has 1 aliphatic rings. The highest BCUT2D eigenvalue weighted by Crippen LogP contribution is 2.24. The van der Waals surface area contributed by atoms with Gasteiger partial charge in [0.1, 0.15) is 11.8 Å². The highest BCUT2D eigenvalue weighted by Gasteiger charge is 2.30. The fourth-order valence-electron chi connectivity index (χ4n) is 2.37. The van der Waals surface area contributed by atoms with Crippen LogP contribution in [0, 0.1) is 0 Å². The summed E-state index contributed by atoms with van der Waals surface area (Å²) in [7, 11) is 0. The van der Waals surface area contributed by atoms with Crippen molar-refractivity contribution in [2.75, 3.05) is 13.2 Å². The number of rotatable bonds is 4. The molecule has 1 aliphatic heterocycles. The molecule has 0 bridgehead atoms. The van der Waals surface area contributed by atoms with Gasteiger partial charge in [0, 0.05) is 16.6 Å². The molecule has 0 aromatic heterocycles. The van der Waals surface area contributed by atoms with E-state index in [4.69, 9.17) is 33.7 Å². The number of hydrogen-bond donors (Lipinski definition) is 1. The fourth-order valence-corrected chi connectivity index (χ4v) is 2.87. The predicted molar refractivity (Wildman–Crippen MR) is 80.5 cm³/mol. The SMILES string of the molecule is NC(=O)C1CCCCN1C(=O)COc1cc(Cl)cc(Cl)c1. The molecule has 114 valence electrons. The van der Waals surface area contributed by atoms with Gasteiger partial charge in [-0.1, -0.05) is 23.2 Å².